The largest absolute Gasteiger partial charge is 0.489 e. The van der Waals surface area contributed by atoms with Gasteiger partial charge >= 0.3 is 0 Å². The smallest absolute Gasteiger partial charge is 0.265 e. The van der Waals surface area contributed by atoms with Crippen molar-refractivity contribution >= 4 is 0 Å². The molecule has 0 spiro atoms. The molecule has 2 heterocycles. The molecule has 28 heavy (non-hydrogen) atoms. The van der Waals surface area contributed by atoms with E-state index in [4.69, 9.17) is 9.47 Å². The topological polar surface area (TPSA) is 69.1 Å². The van der Waals surface area contributed by atoms with E-state index >= 15 is 0 Å². The number of benzene rings is 2. The van der Waals surface area contributed by atoms with Crippen LogP contribution in [0.3, 0.4) is 0 Å². The Morgan fingerprint density at radius 1 is 1.00 bits per heavy atom. The molecule has 6 heteroatoms. The van der Waals surface area contributed by atoms with Crippen LogP contribution in [0.25, 0.3) is 16.9 Å². The molecule has 0 bridgehead atoms. The summed E-state index contributed by atoms with van der Waals surface area (Å²) in [5.41, 5.74) is 3.29. The highest BCUT2D eigenvalue weighted by Crippen LogP contribution is 2.24. The van der Waals surface area contributed by atoms with Gasteiger partial charge in [0.05, 0.1) is 24.7 Å². The Morgan fingerprint density at radius 3 is 2.46 bits per heavy atom. The van der Waals surface area contributed by atoms with Crippen molar-refractivity contribution in [1.82, 2.24) is 14.8 Å². The zero-order valence-corrected chi connectivity index (χ0v) is 15.3. The van der Waals surface area contributed by atoms with E-state index in [0.29, 0.717) is 12.5 Å². The maximum absolute atomic E-state index is 12.0. The lowest BCUT2D eigenvalue weighted by Crippen LogP contribution is -2.04. The van der Waals surface area contributed by atoms with Crippen LogP contribution in [-0.4, -0.2) is 21.9 Å². The van der Waals surface area contributed by atoms with Crippen molar-refractivity contribution in [3.8, 4) is 28.6 Å². The zero-order chi connectivity index (χ0) is 19.3. The number of hydrogen-bond acceptors (Lipinski definition) is 4. The molecule has 0 radical (unpaired) electrons. The Kier molecular flexibility index (Phi) is 4.93. The summed E-state index contributed by atoms with van der Waals surface area (Å²) < 4.78 is 12.6. The van der Waals surface area contributed by atoms with Gasteiger partial charge in [0.1, 0.15) is 12.4 Å². The second-order valence-corrected chi connectivity index (χ2v) is 6.20. The van der Waals surface area contributed by atoms with E-state index in [1.54, 1.807) is 30.1 Å². The summed E-state index contributed by atoms with van der Waals surface area (Å²) in [6.45, 7) is 0.507. The van der Waals surface area contributed by atoms with E-state index in [-0.39, 0.29) is 5.56 Å². The van der Waals surface area contributed by atoms with Crippen molar-refractivity contribution in [2.45, 2.75) is 6.61 Å². The summed E-state index contributed by atoms with van der Waals surface area (Å²) >= 11 is 0. The van der Waals surface area contributed by atoms with Crippen molar-refractivity contribution in [1.29, 1.82) is 0 Å². The van der Waals surface area contributed by atoms with Gasteiger partial charge in [-0.3, -0.25) is 14.6 Å². The molecule has 6 nitrogen and oxygen atoms in total. The molecule has 2 aromatic carbocycles. The van der Waals surface area contributed by atoms with E-state index in [1.165, 1.54) is 0 Å². The lowest BCUT2D eigenvalue weighted by atomic mass is 10.1. The summed E-state index contributed by atoms with van der Waals surface area (Å²) in [5.74, 6) is 1.28. The predicted octanol–water partition coefficient (Wildman–Crippen LogP) is 3.82. The SMILES string of the molecule is COc1ccc(-n2[nH]c(=O)cc2-c2ccc(OCc3ccccc3)cc2)cn1. The molecule has 0 aliphatic rings. The second kappa shape index (κ2) is 7.84. The van der Waals surface area contributed by atoms with Crippen LogP contribution in [0, 0.1) is 0 Å². The van der Waals surface area contributed by atoms with Crippen molar-refractivity contribution in [2.24, 2.45) is 0 Å². The first-order valence-corrected chi connectivity index (χ1v) is 8.82. The van der Waals surface area contributed by atoms with Crippen LogP contribution >= 0.6 is 0 Å². The average molecular weight is 373 g/mol. The molecule has 0 aliphatic carbocycles. The molecule has 0 atom stereocenters. The van der Waals surface area contributed by atoms with Crippen LogP contribution in [0.4, 0.5) is 0 Å². The van der Waals surface area contributed by atoms with Crippen LogP contribution in [0.15, 0.2) is 83.8 Å². The minimum Gasteiger partial charge on any atom is -0.489 e. The fourth-order valence-corrected chi connectivity index (χ4v) is 2.90. The zero-order valence-electron chi connectivity index (χ0n) is 15.3. The molecule has 0 unspecified atom stereocenters. The summed E-state index contributed by atoms with van der Waals surface area (Å²) in [5, 5.41) is 2.81. The highest BCUT2D eigenvalue weighted by Gasteiger charge is 2.10. The van der Waals surface area contributed by atoms with E-state index in [1.807, 2.05) is 60.7 Å². The number of nitrogens with zero attached hydrogens (tertiary/aromatic N) is 2. The third-order valence-electron chi connectivity index (χ3n) is 4.32. The minimum atomic E-state index is -0.185. The average Bonchev–Trinajstić information content (AvgIpc) is 3.15. The number of ether oxygens (including phenoxy) is 2. The molecule has 0 saturated heterocycles. The predicted molar refractivity (Wildman–Crippen MR) is 107 cm³/mol. The molecule has 140 valence electrons. The summed E-state index contributed by atoms with van der Waals surface area (Å²) in [6.07, 6.45) is 1.65. The van der Waals surface area contributed by atoms with Gasteiger partial charge in [-0.25, -0.2) is 4.98 Å². The number of methoxy groups -OCH3 is 1. The molecule has 2 aromatic heterocycles. The first-order chi connectivity index (χ1) is 13.7. The number of pyridine rings is 1. The quantitative estimate of drug-likeness (QED) is 0.558. The monoisotopic (exact) mass is 373 g/mol. The standard InChI is InChI=1S/C22H19N3O3/c1-27-22-12-9-18(14-23-22)25-20(13-21(26)24-25)17-7-10-19(11-8-17)28-15-16-5-3-2-4-6-16/h2-14H,15H2,1H3,(H,24,26). The number of rotatable bonds is 6. The van der Waals surface area contributed by atoms with Crippen LogP contribution in [0.1, 0.15) is 5.56 Å². The van der Waals surface area contributed by atoms with Gasteiger partial charge in [0.2, 0.25) is 5.88 Å². The summed E-state index contributed by atoms with van der Waals surface area (Å²) in [7, 11) is 1.56. The fraction of sp³-hybridized carbons (Fsp3) is 0.0909. The molecular formula is C22H19N3O3. The first kappa shape index (κ1) is 17.6. The Labute approximate surface area is 162 Å². The van der Waals surface area contributed by atoms with E-state index in [2.05, 4.69) is 10.1 Å². The Bertz CT molecular complexity index is 1100. The van der Waals surface area contributed by atoms with Crippen molar-refractivity contribution in [3.05, 3.63) is 94.9 Å². The molecule has 0 fully saturated rings. The van der Waals surface area contributed by atoms with E-state index in [0.717, 1.165) is 28.3 Å². The van der Waals surface area contributed by atoms with Gasteiger partial charge in [-0.05, 0) is 35.9 Å². The van der Waals surface area contributed by atoms with Crippen molar-refractivity contribution in [3.63, 3.8) is 0 Å². The molecule has 4 aromatic rings. The molecule has 4 rings (SSSR count). The van der Waals surface area contributed by atoms with Crippen LogP contribution < -0.4 is 15.0 Å². The van der Waals surface area contributed by atoms with Crippen LogP contribution in [0.2, 0.25) is 0 Å². The Balaban J connectivity index is 1.56. The van der Waals surface area contributed by atoms with Gasteiger partial charge in [0.15, 0.2) is 0 Å². The first-order valence-electron chi connectivity index (χ1n) is 8.82. The Hall–Kier alpha value is -3.80. The highest BCUT2D eigenvalue weighted by molar-refractivity contribution is 5.62. The minimum absolute atomic E-state index is 0.185. The fourth-order valence-electron chi connectivity index (χ4n) is 2.90. The van der Waals surface area contributed by atoms with Gasteiger partial charge in [-0.15, -0.1) is 0 Å². The normalized spacial score (nSPS) is 10.6. The van der Waals surface area contributed by atoms with E-state index in [9.17, 15) is 4.79 Å². The maximum Gasteiger partial charge on any atom is 0.265 e. The van der Waals surface area contributed by atoms with Crippen LogP contribution in [0.5, 0.6) is 11.6 Å². The maximum atomic E-state index is 12.0. The number of nitrogens with one attached hydrogen (secondary N) is 1. The van der Waals surface area contributed by atoms with Gasteiger partial charge in [0, 0.05) is 17.7 Å². The lowest BCUT2D eigenvalue weighted by molar-refractivity contribution is 0.306. The molecular weight excluding hydrogens is 354 g/mol. The molecule has 0 aliphatic heterocycles. The van der Waals surface area contributed by atoms with Gasteiger partial charge in [-0.1, -0.05) is 30.3 Å². The van der Waals surface area contributed by atoms with Gasteiger partial charge in [0.25, 0.3) is 5.56 Å². The number of aromatic amines is 1. The van der Waals surface area contributed by atoms with E-state index < -0.39 is 0 Å². The lowest BCUT2D eigenvalue weighted by Gasteiger charge is -2.10. The van der Waals surface area contributed by atoms with Crippen molar-refractivity contribution < 1.29 is 9.47 Å². The summed E-state index contributed by atoms with van der Waals surface area (Å²) in [6, 6.07) is 22.8. The molecule has 0 saturated carbocycles. The number of H-pyrrole nitrogens is 1. The third-order valence-corrected chi connectivity index (χ3v) is 4.32. The Morgan fingerprint density at radius 2 is 1.79 bits per heavy atom. The van der Waals surface area contributed by atoms with Crippen molar-refractivity contribution in [2.75, 3.05) is 7.11 Å². The van der Waals surface area contributed by atoms with Gasteiger partial charge < -0.3 is 9.47 Å². The number of aromatic nitrogens is 3. The summed E-state index contributed by atoms with van der Waals surface area (Å²) in [4.78, 5) is 16.2. The molecule has 1 N–H and O–H groups in total. The highest BCUT2D eigenvalue weighted by atomic mass is 16.5. The molecule has 0 amide bonds. The third kappa shape index (κ3) is 3.81. The van der Waals surface area contributed by atoms with Crippen LogP contribution in [-0.2, 0) is 6.61 Å². The number of hydrogen-bond donors (Lipinski definition) is 1. The van der Waals surface area contributed by atoms with Gasteiger partial charge in [-0.2, -0.15) is 0 Å². The second-order valence-electron chi connectivity index (χ2n) is 6.20.